The van der Waals surface area contributed by atoms with Crippen LogP contribution in [0.25, 0.3) is 0 Å². The number of hydrogen-bond donors (Lipinski definition) is 1. The summed E-state index contributed by atoms with van der Waals surface area (Å²) in [6.45, 7) is 0. The highest BCUT2D eigenvalue weighted by Gasteiger charge is 2.29. The zero-order valence-corrected chi connectivity index (χ0v) is 8.74. The minimum atomic E-state index is -3.06. The molecule has 0 amide bonds. The number of hydrogen-bond acceptors (Lipinski definition) is 4. The van der Waals surface area contributed by atoms with Gasteiger partial charge in [0.05, 0.1) is 16.8 Å². The molecule has 0 aliphatic rings. The van der Waals surface area contributed by atoms with Crippen molar-refractivity contribution in [2.24, 2.45) is 0 Å². The Kier molecular flexibility index (Phi) is 3.51. The van der Waals surface area contributed by atoms with Crippen LogP contribution >= 0.6 is 15.9 Å². The van der Waals surface area contributed by atoms with Gasteiger partial charge in [-0.1, -0.05) is 15.9 Å². The van der Waals surface area contributed by atoms with Gasteiger partial charge in [-0.05, 0) is 0 Å². The molecule has 0 unspecified atom stereocenters. The Balaban J connectivity index is 3.51. The third kappa shape index (κ3) is 2.20. The van der Waals surface area contributed by atoms with Crippen LogP contribution in [0.3, 0.4) is 0 Å². The summed E-state index contributed by atoms with van der Waals surface area (Å²) in [5.41, 5.74) is -2.00. The number of rotatable bonds is 3. The van der Waals surface area contributed by atoms with E-state index in [4.69, 9.17) is 5.11 Å². The van der Waals surface area contributed by atoms with Gasteiger partial charge in [0.25, 0.3) is 6.43 Å². The number of halogens is 3. The highest BCUT2D eigenvalue weighted by Crippen LogP contribution is 2.37. The molecule has 1 aromatic rings. The molecule has 0 fully saturated rings. The molecule has 1 N–H and O–H groups in total. The van der Waals surface area contributed by atoms with Crippen molar-refractivity contribution in [3.8, 4) is 5.75 Å². The van der Waals surface area contributed by atoms with E-state index in [1.54, 1.807) is 0 Å². The zero-order chi connectivity index (χ0) is 11.6. The molecular weight excluding hydrogens is 278 g/mol. The molecule has 0 aliphatic heterocycles. The van der Waals surface area contributed by atoms with Gasteiger partial charge in [-0.2, -0.15) is 0 Å². The smallest absolute Gasteiger partial charge is 0.323 e. The number of aromatic hydroxyl groups is 1. The van der Waals surface area contributed by atoms with Crippen molar-refractivity contribution in [1.29, 1.82) is 0 Å². The number of nitrogens with zero attached hydrogens (tertiary/aromatic N) is 2. The van der Waals surface area contributed by atoms with Gasteiger partial charge in [0.2, 0.25) is 5.75 Å². The Labute approximate surface area is 91.0 Å². The van der Waals surface area contributed by atoms with E-state index in [0.29, 0.717) is 0 Å². The molecule has 0 saturated carbocycles. The fraction of sp³-hybridized carbons (Fsp3) is 0.286. The van der Waals surface area contributed by atoms with Crippen LogP contribution in [0, 0.1) is 10.1 Å². The van der Waals surface area contributed by atoms with Crippen molar-refractivity contribution in [3.05, 3.63) is 27.6 Å². The summed E-state index contributed by atoms with van der Waals surface area (Å²) in [6.07, 6.45) is -2.28. The zero-order valence-electron chi connectivity index (χ0n) is 7.15. The van der Waals surface area contributed by atoms with Crippen molar-refractivity contribution in [2.75, 3.05) is 0 Å². The van der Waals surface area contributed by atoms with Crippen molar-refractivity contribution in [1.82, 2.24) is 4.98 Å². The van der Waals surface area contributed by atoms with Crippen molar-refractivity contribution >= 4 is 21.6 Å². The minimum absolute atomic E-state index is 0.0478. The summed E-state index contributed by atoms with van der Waals surface area (Å²) >= 11 is 2.88. The van der Waals surface area contributed by atoms with Crippen molar-refractivity contribution in [2.45, 2.75) is 11.8 Å². The van der Waals surface area contributed by atoms with E-state index in [1.807, 2.05) is 0 Å². The summed E-state index contributed by atoms with van der Waals surface area (Å²) in [4.78, 5) is 12.9. The molecule has 15 heavy (non-hydrogen) atoms. The first-order valence-electron chi connectivity index (χ1n) is 3.68. The fourth-order valence-electron chi connectivity index (χ4n) is 1.07. The van der Waals surface area contributed by atoms with Crippen LogP contribution < -0.4 is 0 Å². The lowest BCUT2D eigenvalue weighted by Gasteiger charge is -2.06. The van der Waals surface area contributed by atoms with Gasteiger partial charge in [0.1, 0.15) is 5.56 Å². The Morgan fingerprint density at radius 1 is 1.67 bits per heavy atom. The van der Waals surface area contributed by atoms with Crippen LogP contribution in [0.4, 0.5) is 14.5 Å². The van der Waals surface area contributed by atoms with E-state index in [9.17, 15) is 18.9 Å². The molecule has 0 saturated heterocycles. The summed E-state index contributed by atoms with van der Waals surface area (Å²) in [7, 11) is 0. The average molecular weight is 283 g/mol. The molecule has 1 aromatic heterocycles. The van der Waals surface area contributed by atoms with E-state index in [-0.39, 0.29) is 11.0 Å². The van der Waals surface area contributed by atoms with Crippen LogP contribution in [0.1, 0.15) is 17.7 Å². The van der Waals surface area contributed by atoms with Crippen LogP contribution in [0.2, 0.25) is 0 Å². The molecule has 1 heterocycles. The van der Waals surface area contributed by atoms with Crippen LogP contribution in [-0.4, -0.2) is 15.0 Å². The maximum absolute atomic E-state index is 12.5. The monoisotopic (exact) mass is 282 g/mol. The van der Waals surface area contributed by atoms with Gasteiger partial charge in [-0.25, -0.2) is 8.78 Å². The van der Waals surface area contributed by atoms with Gasteiger partial charge in [0.15, 0.2) is 0 Å². The van der Waals surface area contributed by atoms with Crippen molar-refractivity contribution < 1.29 is 18.8 Å². The molecule has 5 nitrogen and oxygen atoms in total. The first kappa shape index (κ1) is 11.8. The Hall–Kier alpha value is -1.31. The minimum Gasteiger partial charge on any atom is -0.501 e. The molecule has 0 aliphatic carbocycles. The van der Waals surface area contributed by atoms with Crippen LogP contribution in [0.5, 0.6) is 5.75 Å². The van der Waals surface area contributed by atoms with Crippen molar-refractivity contribution in [3.63, 3.8) is 0 Å². The predicted octanol–water partition coefficient (Wildman–Crippen LogP) is 2.53. The molecule has 0 bridgehead atoms. The molecule has 1 rings (SSSR count). The molecule has 8 heteroatoms. The van der Waals surface area contributed by atoms with E-state index < -0.39 is 28.3 Å². The van der Waals surface area contributed by atoms with E-state index in [0.717, 1.165) is 6.20 Å². The summed E-state index contributed by atoms with van der Waals surface area (Å²) in [5, 5.41) is 19.5. The summed E-state index contributed by atoms with van der Waals surface area (Å²) in [5.74, 6) is -0.861. The highest BCUT2D eigenvalue weighted by molar-refractivity contribution is 9.08. The second-order valence-corrected chi connectivity index (χ2v) is 3.10. The third-order valence-corrected chi connectivity index (χ3v) is 2.21. The summed E-state index contributed by atoms with van der Waals surface area (Å²) < 4.78 is 25.1. The fourth-order valence-corrected chi connectivity index (χ4v) is 1.52. The molecule has 82 valence electrons. The second-order valence-electron chi connectivity index (χ2n) is 2.54. The molecule has 0 radical (unpaired) electrons. The number of nitro groups is 1. The topological polar surface area (TPSA) is 76.3 Å². The first-order valence-corrected chi connectivity index (χ1v) is 4.80. The maximum atomic E-state index is 12.5. The SMILES string of the molecule is O=[N+]([O-])c1c(O)cnc(CBr)c1C(F)F. The molecule has 0 aromatic carbocycles. The Morgan fingerprint density at radius 2 is 2.27 bits per heavy atom. The van der Waals surface area contributed by atoms with Crippen LogP contribution in [0.15, 0.2) is 6.20 Å². The summed E-state index contributed by atoms with van der Waals surface area (Å²) in [6, 6.07) is 0. The van der Waals surface area contributed by atoms with Gasteiger partial charge in [0, 0.05) is 5.33 Å². The van der Waals surface area contributed by atoms with E-state index in [2.05, 4.69) is 20.9 Å². The second kappa shape index (κ2) is 4.47. The lowest BCUT2D eigenvalue weighted by atomic mass is 10.1. The molecule has 0 atom stereocenters. The lowest BCUT2D eigenvalue weighted by Crippen LogP contribution is -2.02. The number of pyridine rings is 1. The normalized spacial score (nSPS) is 10.7. The average Bonchev–Trinajstić information content (AvgIpc) is 2.16. The van der Waals surface area contributed by atoms with E-state index >= 15 is 0 Å². The van der Waals surface area contributed by atoms with E-state index in [1.165, 1.54) is 0 Å². The highest BCUT2D eigenvalue weighted by atomic mass is 79.9. The van der Waals surface area contributed by atoms with Gasteiger partial charge < -0.3 is 5.11 Å². The third-order valence-electron chi connectivity index (χ3n) is 1.68. The van der Waals surface area contributed by atoms with Crippen LogP contribution in [-0.2, 0) is 5.33 Å². The first-order chi connectivity index (χ1) is 6.99. The standard InChI is InChI=1S/C7H5BrF2N2O3/c8-1-3-5(7(9)10)6(12(14)15)4(13)2-11-3/h2,7,13H,1H2. The maximum Gasteiger partial charge on any atom is 0.323 e. The molecular formula is C7H5BrF2N2O3. The quantitative estimate of drug-likeness (QED) is 0.525. The molecule has 0 spiro atoms. The Morgan fingerprint density at radius 3 is 2.67 bits per heavy atom. The van der Waals surface area contributed by atoms with Gasteiger partial charge in [-0.3, -0.25) is 15.1 Å². The number of aromatic nitrogens is 1. The Bertz CT molecular complexity index is 400. The van der Waals surface area contributed by atoms with Gasteiger partial charge >= 0.3 is 5.69 Å². The van der Waals surface area contributed by atoms with Gasteiger partial charge in [-0.15, -0.1) is 0 Å². The number of alkyl halides is 3. The predicted molar refractivity (Wildman–Crippen MR) is 50.1 cm³/mol. The largest absolute Gasteiger partial charge is 0.501 e. The lowest BCUT2D eigenvalue weighted by molar-refractivity contribution is -0.387.